The lowest BCUT2D eigenvalue weighted by molar-refractivity contribution is 0.0544. The number of ether oxygens (including phenoxy) is 1. The van der Waals surface area contributed by atoms with E-state index in [1.54, 1.807) is 0 Å². The van der Waals surface area contributed by atoms with E-state index in [1.165, 1.54) is 45.3 Å². The molecule has 3 fully saturated rings. The highest BCUT2D eigenvalue weighted by atomic mass is 35.5. The molecular weight excluding hydrogens is 382 g/mol. The van der Waals surface area contributed by atoms with Crippen LogP contribution in [0.25, 0.3) is 11.3 Å². The van der Waals surface area contributed by atoms with Crippen molar-refractivity contribution >= 4 is 11.6 Å². The van der Waals surface area contributed by atoms with Crippen LogP contribution in [0.5, 0.6) is 0 Å². The minimum atomic E-state index is 0.725. The molecule has 2 aliphatic heterocycles. The number of halogens is 1. The van der Waals surface area contributed by atoms with Gasteiger partial charge in [-0.3, -0.25) is 0 Å². The molecule has 5 rings (SSSR count). The van der Waals surface area contributed by atoms with Crippen molar-refractivity contribution in [3.8, 4) is 11.3 Å². The topological polar surface area (TPSA) is 38.2 Å². The highest BCUT2D eigenvalue weighted by molar-refractivity contribution is 6.33. The second kappa shape index (κ2) is 8.71. The highest BCUT2D eigenvalue weighted by Crippen LogP contribution is 2.43. The molecule has 1 aliphatic carbocycles. The van der Waals surface area contributed by atoms with Crippen molar-refractivity contribution in [2.75, 3.05) is 32.8 Å². The Morgan fingerprint density at radius 3 is 2.38 bits per heavy atom. The molecule has 4 nitrogen and oxygen atoms in total. The van der Waals surface area contributed by atoms with Crippen molar-refractivity contribution in [2.45, 2.75) is 32.1 Å². The first-order chi connectivity index (χ1) is 14.2. The molecule has 3 atom stereocenters. The average molecular weight is 412 g/mol. The van der Waals surface area contributed by atoms with Crippen molar-refractivity contribution in [2.24, 2.45) is 23.7 Å². The van der Waals surface area contributed by atoms with Crippen LogP contribution in [-0.4, -0.2) is 47.9 Å². The third-order valence-electron chi connectivity index (χ3n) is 7.15. The molecule has 0 spiro atoms. The van der Waals surface area contributed by atoms with Crippen molar-refractivity contribution < 1.29 is 4.74 Å². The van der Waals surface area contributed by atoms with Crippen LogP contribution in [-0.2, 0) is 11.2 Å². The summed E-state index contributed by atoms with van der Waals surface area (Å²) in [4.78, 5) is 2.74. The van der Waals surface area contributed by atoms with Gasteiger partial charge in [0, 0.05) is 38.4 Å². The summed E-state index contributed by atoms with van der Waals surface area (Å²) in [6, 6.07) is 12.0. The normalized spacial score (nSPS) is 28.0. The summed E-state index contributed by atoms with van der Waals surface area (Å²) in [6.07, 6.45) is 6.25. The molecule has 2 saturated heterocycles. The molecule has 2 aromatic rings. The van der Waals surface area contributed by atoms with Crippen molar-refractivity contribution in [1.29, 1.82) is 0 Å². The fourth-order valence-electron chi connectivity index (χ4n) is 5.71. The lowest BCUT2D eigenvalue weighted by Crippen LogP contribution is -2.31. The molecule has 0 radical (unpaired) electrons. The van der Waals surface area contributed by atoms with Gasteiger partial charge in [0.25, 0.3) is 0 Å². The SMILES string of the molecule is Clc1ccccc1-c1ccc(CC2C[C@@H]3CN(CC4CCOCC4)C[C@@H]3C2)nn1. The highest BCUT2D eigenvalue weighted by Gasteiger charge is 2.41. The van der Waals surface area contributed by atoms with E-state index in [2.05, 4.69) is 27.2 Å². The number of rotatable bonds is 5. The molecule has 0 N–H and O–H groups in total. The van der Waals surface area contributed by atoms with Crippen molar-refractivity contribution in [3.63, 3.8) is 0 Å². The molecule has 1 aromatic carbocycles. The first-order valence-electron chi connectivity index (χ1n) is 11.1. The number of benzene rings is 1. The van der Waals surface area contributed by atoms with Gasteiger partial charge < -0.3 is 9.64 Å². The molecule has 154 valence electrons. The number of hydrogen-bond acceptors (Lipinski definition) is 4. The fraction of sp³-hybridized carbons (Fsp3) is 0.583. The van der Waals surface area contributed by atoms with Crippen LogP contribution in [0.2, 0.25) is 5.02 Å². The van der Waals surface area contributed by atoms with E-state index in [-0.39, 0.29) is 0 Å². The van der Waals surface area contributed by atoms with Gasteiger partial charge in [0.15, 0.2) is 0 Å². The minimum absolute atomic E-state index is 0.725. The zero-order valence-corrected chi connectivity index (χ0v) is 17.7. The molecule has 1 aromatic heterocycles. The van der Waals surface area contributed by atoms with E-state index in [0.717, 1.165) is 65.3 Å². The van der Waals surface area contributed by atoms with Gasteiger partial charge in [-0.05, 0) is 74.0 Å². The maximum atomic E-state index is 6.29. The predicted octanol–water partition coefficient (Wildman–Crippen LogP) is 4.72. The Morgan fingerprint density at radius 2 is 1.69 bits per heavy atom. The largest absolute Gasteiger partial charge is 0.381 e. The zero-order chi connectivity index (χ0) is 19.6. The van der Waals surface area contributed by atoms with Gasteiger partial charge in [0.2, 0.25) is 0 Å². The summed E-state index contributed by atoms with van der Waals surface area (Å²) in [5.74, 6) is 3.38. The molecule has 3 heterocycles. The van der Waals surface area contributed by atoms with Crippen LogP contribution >= 0.6 is 11.6 Å². The zero-order valence-electron chi connectivity index (χ0n) is 17.0. The number of fused-ring (bicyclic) bond motifs is 1. The summed E-state index contributed by atoms with van der Waals surface area (Å²) in [7, 11) is 0. The fourth-order valence-corrected chi connectivity index (χ4v) is 5.94. The summed E-state index contributed by atoms with van der Waals surface area (Å²) >= 11 is 6.29. The molecule has 5 heteroatoms. The number of likely N-dealkylation sites (tertiary alicyclic amines) is 1. The Morgan fingerprint density at radius 1 is 0.931 bits per heavy atom. The Balaban J connectivity index is 1.13. The van der Waals surface area contributed by atoms with Crippen LogP contribution in [0, 0.1) is 23.7 Å². The number of nitrogens with zero attached hydrogens (tertiary/aromatic N) is 3. The van der Waals surface area contributed by atoms with Gasteiger partial charge in [-0.25, -0.2) is 0 Å². The maximum Gasteiger partial charge on any atom is 0.0944 e. The third-order valence-corrected chi connectivity index (χ3v) is 7.48. The Kier molecular flexibility index (Phi) is 5.85. The van der Waals surface area contributed by atoms with Crippen LogP contribution < -0.4 is 0 Å². The van der Waals surface area contributed by atoms with Gasteiger partial charge in [-0.2, -0.15) is 10.2 Å². The molecule has 29 heavy (non-hydrogen) atoms. The van der Waals surface area contributed by atoms with Crippen LogP contribution in [0.3, 0.4) is 0 Å². The smallest absolute Gasteiger partial charge is 0.0944 e. The van der Waals surface area contributed by atoms with Gasteiger partial charge >= 0.3 is 0 Å². The van der Waals surface area contributed by atoms with Crippen molar-refractivity contribution in [1.82, 2.24) is 15.1 Å². The standard InChI is InChI=1S/C24H30ClN3O/c25-23-4-2-1-3-22(23)24-6-5-21(26-27-24)13-18-11-19-15-28(16-20(19)12-18)14-17-7-9-29-10-8-17/h1-6,17-20H,7-16H2/t18?,19-,20+. The van der Waals surface area contributed by atoms with Gasteiger partial charge in [0.1, 0.15) is 0 Å². The van der Waals surface area contributed by atoms with Gasteiger partial charge in [-0.15, -0.1) is 0 Å². The molecule has 0 amide bonds. The van der Waals surface area contributed by atoms with Gasteiger partial charge in [-0.1, -0.05) is 29.8 Å². The van der Waals surface area contributed by atoms with Gasteiger partial charge in [0.05, 0.1) is 16.4 Å². The average Bonchev–Trinajstić information content (AvgIpc) is 3.28. The molecule has 0 bridgehead atoms. The lowest BCUT2D eigenvalue weighted by Gasteiger charge is -2.27. The molecular formula is C24H30ClN3O. The Hall–Kier alpha value is -1.49. The Bertz CT molecular complexity index is 807. The molecule has 1 saturated carbocycles. The summed E-state index contributed by atoms with van der Waals surface area (Å²) < 4.78 is 5.51. The van der Waals surface area contributed by atoms with Crippen molar-refractivity contribution in [3.05, 3.63) is 47.1 Å². The first-order valence-corrected chi connectivity index (χ1v) is 11.5. The summed E-state index contributed by atoms with van der Waals surface area (Å²) in [5, 5.41) is 9.69. The first kappa shape index (κ1) is 19.5. The van der Waals surface area contributed by atoms with E-state index < -0.39 is 0 Å². The van der Waals surface area contributed by atoms with E-state index in [4.69, 9.17) is 16.3 Å². The number of hydrogen-bond donors (Lipinski definition) is 0. The summed E-state index contributed by atoms with van der Waals surface area (Å²) in [6.45, 7) is 5.81. The monoisotopic (exact) mass is 411 g/mol. The van der Waals surface area contributed by atoms with E-state index in [0.29, 0.717) is 0 Å². The second-order valence-corrected chi connectivity index (χ2v) is 9.63. The van der Waals surface area contributed by atoms with E-state index in [9.17, 15) is 0 Å². The third kappa shape index (κ3) is 4.50. The second-order valence-electron chi connectivity index (χ2n) is 9.23. The van der Waals surface area contributed by atoms with E-state index >= 15 is 0 Å². The predicted molar refractivity (Wildman–Crippen MR) is 116 cm³/mol. The molecule has 1 unspecified atom stereocenters. The molecule has 3 aliphatic rings. The van der Waals surface area contributed by atoms with Crippen LogP contribution in [0.4, 0.5) is 0 Å². The van der Waals surface area contributed by atoms with Crippen LogP contribution in [0.15, 0.2) is 36.4 Å². The maximum absolute atomic E-state index is 6.29. The quantitative estimate of drug-likeness (QED) is 0.713. The number of aromatic nitrogens is 2. The van der Waals surface area contributed by atoms with Crippen LogP contribution in [0.1, 0.15) is 31.4 Å². The minimum Gasteiger partial charge on any atom is -0.381 e. The lowest BCUT2D eigenvalue weighted by atomic mass is 9.98. The van der Waals surface area contributed by atoms with E-state index in [1.807, 2.05) is 24.3 Å². The summed E-state index contributed by atoms with van der Waals surface area (Å²) in [5.41, 5.74) is 2.92. The Labute approximate surface area is 178 Å².